The number of carbonyl (C=O) groups is 2. The summed E-state index contributed by atoms with van der Waals surface area (Å²) in [5, 5.41) is 0.116. The first-order chi connectivity index (χ1) is 17.7. The van der Waals surface area contributed by atoms with Gasteiger partial charge in [0.05, 0.1) is 20.8 Å². The molecule has 7 nitrogen and oxygen atoms in total. The van der Waals surface area contributed by atoms with Crippen molar-refractivity contribution in [1.82, 2.24) is 14.8 Å². The maximum absolute atomic E-state index is 13.7. The first-order valence-electron chi connectivity index (χ1n) is 13.4. The van der Waals surface area contributed by atoms with E-state index in [0.717, 1.165) is 4.90 Å². The van der Waals surface area contributed by atoms with Crippen LogP contribution in [0.1, 0.15) is 35.2 Å². The zero-order valence-corrected chi connectivity index (χ0v) is 14.8. The maximum atomic E-state index is 13.7. The SMILES string of the molecule is [2H]c1c([2H])c([2H])c2c3c([nH]c2c1[2H])C(c1ccc2c(c1)OCO2)N1C(=O)C([2H])([2H])N(C([2H])([2H])[2H])C(=O)[C@H]1C3. The first kappa shape index (κ1) is 9.82. The van der Waals surface area contributed by atoms with Crippen LogP contribution >= 0.6 is 0 Å². The highest BCUT2D eigenvalue weighted by atomic mass is 16.7. The number of rotatable bonds is 1. The van der Waals surface area contributed by atoms with Crippen molar-refractivity contribution in [3.8, 4) is 11.5 Å². The number of para-hydroxylation sites is 1. The molecule has 1 saturated heterocycles. The number of carbonyl (C=O) groups excluding carboxylic acids is 2. The number of nitrogens with one attached hydrogen (secondary N) is 1. The van der Waals surface area contributed by atoms with E-state index < -0.39 is 49.5 Å². The Kier molecular flexibility index (Phi) is 1.95. The molecule has 2 atom stereocenters. The van der Waals surface area contributed by atoms with Crippen LogP contribution in [0.4, 0.5) is 0 Å². The molecule has 7 heteroatoms. The van der Waals surface area contributed by atoms with Gasteiger partial charge in [-0.2, -0.15) is 0 Å². The van der Waals surface area contributed by atoms with E-state index in [1.807, 2.05) is 0 Å². The number of ether oxygens (including phenoxy) is 2. The minimum atomic E-state index is -3.25. The molecule has 29 heavy (non-hydrogen) atoms. The lowest BCUT2D eigenvalue weighted by atomic mass is 9.86. The van der Waals surface area contributed by atoms with Gasteiger partial charge >= 0.3 is 0 Å². The summed E-state index contributed by atoms with van der Waals surface area (Å²) in [7, 11) is 0. The molecular weight excluding hydrogens is 370 g/mol. The lowest BCUT2D eigenvalue weighted by molar-refractivity contribution is -0.157. The monoisotopic (exact) mass is 398 g/mol. The second kappa shape index (κ2) is 5.76. The van der Waals surface area contributed by atoms with Crippen LogP contribution in [0.3, 0.4) is 0 Å². The van der Waals surface area contributed by atoms with Gasteiger partial charge in [-0.25, -0.2) is 0 Å². The number of nitrogens with zero attached hydrogens (tertiary/aromatic N) is 2. The number of likely N-dealkylation sites (N-methyl/N-ethyl adjacent to an activating group) is 1. The molecule has 0 radical (unpaired) electrons. The highest BCUT2D eigenvalue weighted by Crippen LogP contribution is 2.44. The molecule has 1 N–H and O–H groups in total. The number of hydrogen-bond donors (Lipinski definition) is 1. The summed E-state index contributed by atoms with van der Waals surface area (Å²) in [4.78, 5) is 31.3. The van der Waals surface area contributed by atoms with E-state index in [1.165, 1.54) is 0 Å². The molecule has 0 bridgehead atoms. The minimum absolute atomic E-state index is 0.0185. The number of amides is 2. The van der Waals surface area contributed by atoms with Gasteiger partial charge in [0, 0.05) is 34.1 Å². The lowest BCUT2D eigenvalue weighted by Gasteiger charge is -2.46. The van der Waals surface area contributed by atoms with Crippen LogP contribution in [0.15, 0.2) is 42.4 Å². The normalized spacial score (nSPS) is 29.4. The fourth-order valence-corrected chi connectivity index (χ4v) is 4.27. The Morgan fingerprint density at radius 1 is 1.24 bits per heavy atom. The number of H-pyrrole nitrogens is 1. The van der Waals surface area contributed by atoms with E-state index in [2.05, 4.69) is 4.98 Å². The predicted molar refractivity (Wildman–Crippen MR) is 105 cm³/mol. The van der Waals surface area contributed by atoms with Crippen molar-refractivity contribution in [2.75, 3.05) is 20.3 Å². The number of aromatic amines is 1. The van der Waals surface area contributed by atoms with Crippen molar-refractivity contribution in [2.45, 2.75) is 18.5 Å². The average Bonchev–Trinajstić information content (AvgIpc) is 3.46. The number of piperazine rings is 1. The van der Waals surface area contributed by atoms with Gasteiger partial charge < -0.3 is 24.3 Å². The number of fused-ring (bicyclic) bond motifs is 5. The molecule has 146 valence electrons. The van der Waals surface area contributed by atoms with Gasteiger partial charge in [-0.1, -0.05) is 24.2 Å². The fraction of sp³-hybridized carbons (Fsp3) is 0.273. The third-order valence-electron chi connectivity index (χ3n) is 5.52. The van der Waals surface area contributed by atoms with E-state index >= 15 is 0 Å². The summed E-state index contributed by atoms with van der Waals surface area (Å²) in [5.74, 6) is -1.61. The Balaban J connectivity index is 1.66. The van der Waals surface area contributed by atoms with Crippen LogP contribution in [-0.2, 0) is 16.0 Å². The molecule has 3 aliphatic heterocycles. The zero-order chi connectivity index (χ0) is 27.5. The Morgan fingerprint density at radius 2 is 2.10 bits per heavy atom. The molecule has 6 rings (SSSR count). The molecule has 0 saturated carbocycles. The van der Waals surface area contributed by atoms with Gasteiger partial charge in [-0.3, -0.25) is 9.59 Å². The first-order valence-corrected chi connectivity index (χ1v) is 8.92. The van der Waals surface area contributed by atoms with Crippen LogP contribution in [0, 0.1) is 0 Å². The molecule has 1 fully saturated rings. The predicted octanol–water partition coefficient (Wildman–Crippen LogP) is 2.21. The Morgan fingerprint density at radius 3 is 3.00 bits per heavy atom. The highest BCUT2D eigenvalue weighted by molar-refractivity contribution is 5.97. The summed E-state index contributed by atoms with van der Waals surface area (Å²) in [6, 6.07) is 0.443. The standard InChI is InChI=1S/C22H19N3O4/c1-24-10-19(26)25-16(22(24)27)9-14-13-4-2-3-5-15(13)23-20(14)21(25)12-6-7-17-18(8-12)29-11-28-17/h2-8,16,21,23H,9-11H2,1H3/t16-,21?/m1/s1/i1D3,2D,3D,4D,5D,10D2. The lowest BCUT2D eigenvalue weighted by Crippen LogP contribution is -2.62. The van der Waals surface area contributed by atoms with Gasteiger partial charge in [-0.15, -0.1) is 0 Å². The van der Waals surface area contributed by atoms with Crippen molar-refractivity contribution in [3.63, 3.8) is 0 Å². The second-order valence-electron chi connectivity index (χ2n) is 7.00. The highest BCUT2D eigenvalue weighted by Gasteiger charge is 2.47. The quantitative estimate of drug-likeness (QED) is 0.682. The summed E-state index contributed by atoms with van der Waals surface area (Å²) in [6.07, 6.45) is -0.286. The van der Waals surface area contributed by atoms with Gasteiger partial charge in [0.15, 0.2) is 11.5 Å². The topological polar surface area (TPSA) is 74.9 Å². The third kappa shape index (κ3) is 2.24. The van der Waals surface area contributed by atoms with E-state index in [0.29, 0.717) is 22.6 Å². The Bertz CT molecular complexity index is 1570. The molecule has 2 amide bonds. The third-order valence-corrected chi connectivity index (χ3v) is 5.52. The summed E-state index contributed by atoms with van der Waals surface area (Å²) >= 11 is 0. The van der Waals surface area contributed by atoms with E-state index in [1.54, 1.807) is 18.2 Å². The van der Waals surface area contributed by atoms with Crippen molar-refractivity contribution in [2.24, 2.45) is 0 Å². The molecule has 0 aliphatic carbocycles. The number of hydrogen-bond acceptors (Lipinski definition) is 4. The minimum Gasteiger partial charge on any atom is -0.454 e. The molecule has 1 aromatic heterocycles. The largest absolute Gasteiger partial charge is 0.454 e. The molecule has 0 spiro atoms. The molecule has 4 heterocycles. The van der Waals surface area contributed by atoms with Crippen LogP contribution in [-0.4, -0.2) is 52.9 Å². The Hall–Kier alpha value is -3.48. The van der Waals surface area contributed by atoms with Gasteiger partial charge in [0.2, 0.25) is 18.6 Å². The molecule has 1 unspecified atom stereocenters. The van der Waals surface area contributed by atoms with Crippen molar-refractivity contribution >= 4 is 22.7 Å². The fourth-order valence-electron chi connectivity index (χ4n) is 4.27. The van der Waals surface area contributed by atoms with Gasteiger partial charge in [0.1, 0.15) is 6.04 Å². The molecule has 3 aromatic rings. The van der Waals surface area contributed by atoms with Crippen LogP contribution in [0.5, 0.6) is 11.5 Å². The number of benzene rings is 2. The van der Waals surface area contributed by atoms with Crippen LogP contribution < -0.4 is 9.47 Å². The molecule has 2 aromatic carbocycles. The summed E-state index contributed by atoms with van der Waals surface area (Å²) < 4.78 is 83.9. The Labute approximate surface area is 179 Å². The van der Waals surface area contributed by atoms with Crippen LogP contribution in [0.2, 0.25) is 0 Å². The van der Waals surface area contributed by atoms with Crippen molar-refractivity contribution < 1.29 is 31.4 Å². The van der Waals surface area contributed by atoms with Crippen LogP contribution in [0.25, 0.3) is 10.9 Å². The second-order valence-corrected chi connectivity index (χ2v) is 7.00. The molecular formula is C22H19N3O4. The smallest absolute Gasteiger partial charge is 0.245 e. The summed E-state index contributed by atoms with van der Waals surface area (Å²) in [5.41, 5.74) is 1.01. The van der Waals surface area contributed by atoms with Gasteiger partial charge in [0.25, 0.3) is 0 Å². The van der Waals surface area contributed by atoms with E-state index in [-0.39, 0.29) is 46.8 Å². The maximum Gasteiger partial charge on any atom is 0.245 e. The summed E-state index contributed by atoms with van der Waals surface area (Å²) in [6.45, 7) is -6.48. The molecule has 3 aliphatic rings. The zero-order valence-electron chi connectivity index (χ0n) is 23.8. The average molecular weight is 398 g/mol. The van der Waals surface area contributed by atoms with Crippen molar-refractivity contribution in [3.05, 3.63) is 59.2 Å². The van der Waals surface area contributed by atoms with E-state index in [9.17, 15) is 9.59 Å². The van der Waals surface area contributed by atoms with Gasteiger partial charge in [-0.05, 0) is 29.3 Å². The van der Waals surface area contributed by atoms with Crippen molar-refractivity contribution in [1.29, 1.82) is 0 Å². The number of aromatic nitrogens is 1. The van der Waals surface area contributed by atoms with E-state index in [4.69, 9.17) is 21.8 Å².